The van der Waals surface area contributed by atoms with Crippen molar-refractivity contribution >= 4 is 69.5 Å². The van der Waals surface area contributed by atoms with Gasteiger partial charge in [-0.05, 0) is 37.8 Å². The highest BCUT2D eigenvalue weighted by Crippen LogP contribution is 2.41. The quantitative estimate of drug-likeness (QED) is 0.326. The Morgan fingerprint density at radius 3 is 2.40 bits per heavy atom. The molecule has 0 atom stereocenters. The van der Waals surface area contributed by atoms with Crippen LogP contribution in [0.2, 0.25) is 15.1 Å². The van der Waals surface area contributed by atoms with Crippen molar-refractivity contribution in [2.75, 3.05) is 10.6 Å². The Morgan fingerprint density at radius 1 is 1.06 bits per heavy atom. The van der Waals surface area contributed by atoms with Crippen molar-refractivity contribution in [3.05, 3.63) is 33.4 Å². The van der Waals surface area contributed by atoms with Gasteiger partial charge in [0.1, 0.15) is 5.52 Å². The molecule has 8 nitrogen and oxygen atoms in total. The van der Waals surface area contributed by atoms with Crippen molar-refractivity contribution < 1.29 is 4.79 Å². The van der Waals surface area contributed by atoms with Crippen LogP contribution in [0.4, 0.5) is 17.6 Å². The molecule has 0 bridgehead atoms. The molecule has 3 aromatic rings. The number of carbonyl (C=O) groups is 1. The predicted octanol–water partition coefficient (Wildman–Crippen LogP) is 6.32. The van der Waals surface area contributed by atoms with Crippen LogP contribution in [-0.2, 0) is 11.3 Å². The lowest BCUT2D eigenvalue weighted by Gasteiger charge is -2.35. The maximum atomic E-state index is 12.7. The normalized spacial score (nSPS) is 18.1. The van der Waals surface area contributed by atoms with E-state index < -0.39 is 5.41 Å². The molecular weight excluding hydrogens is 509 g/mol. The third kappa shape index (κ3) is 5.01. The first kappa shape index (κ1) is 24.4. The molecular formula is C24H28Cl3N7O. The Hall–Kier alpha value is -2.29. The van der Waals surface area contributed by atoms with Crippen LogP contribution < -0.4 is 16.4 Å². The zero-order chi connectivity index (χ0) is 24.6. The highest BCUT2D eigenvalue weighted by Gasteiger charge is 2.39. The number of anilines is 3. The summed E-state index contributed by atoms with van der Waals surface area (Å²) in [5.41, 5.74) is 6.99. The van der Waals surface area contributed by atoms with Crippen LogP contribution in [0.25, 0.3) is 11.2 Å². The topological polar surface area (TPSA) is 111 Å². The predicted molar refractivity (Wildman–Crippen MR) is 141 cm³/mol. The van der Waals surface area contributed by atoms with Gasteiger partial charge in [0.25, 0.3) is 0 Å². The van der Waals surface area contributed by atoms with Crippen LogP contribution in [-0.4, -0.2) is 31.5 Å². The Balaban J connectivity index is 1.59. The van der Waals surface area contributed by atoms with E-state index in [1.54, 1.807) is 18.3 Å². The van der Waals surface area contributed by atoms with Crippen molar-refractivity contribution in [1.82, 2.24) is 19.5 Å². The number of fused-ring (bicyclic) bond motifs is 1. The third-order valence-corrected chi connectivity index (χ3v) is 8.03. The van der Waals surface area contributed by atoms with Crippen molar-refractivity contribution in [2.45, 2.75) is 70.4 Å². The SMILES string of the molecule is NC(=O)C1(Cn2c(Nc3c(Cl)cc(Cl)cc3Cl)nc3cnc(NC4CCCC4)nc32)CCCCC1. The van der Waals surface area contributed by atoms with Gasteiger partial charge in [-0.2, -0.15) is 4.98 Å². The van der Waals surface area contributed by atoms with Gasteiger partial charge in [-0.15, -0.1) is 0 Å². The molecule has 1 aromatic carbocycles. The average Bonchev–Trinajstić information content (AvgIpc) is 3.45. The number of aromatic nitrogens is 4. The highest BCUT2D eigenvalue weighted by atomic mass is 35.5. The van der Waals surface area contributed by atoms with Crippen LogP contribution in [0.5, 0.6) is 0 Å². The van der Waals surface area contributed by atoms with Gasteiger partial charge in [-0.1, -0.05) is 66.9 Å². The zero-order valence-corrected chi connectivity index (χ0v) is 21.6. The minimum absolute atomic E-state index is 0.300. The van der Waals surface area contributed by atoms with Gasteiger partial charge in [0.15, 0.2) is 5.65 Å². The van der Waals surface area contributed by atoms with E-state index in [0.29, 0.717) is 56.4 Å². The fraction of sp³-hybridized carbons (Fsp3) is 0.500. The molecule has 0 spiro atoms. The van der Waals surface area contributed by atoms with E-state index in [4.69, 9.17) is 50.5 Å². The summed E-state index contributed by atoms with van der Waals surface area (Å²) in [6, 6.07) is 3.59. The number of hydrogen-bond acceptors (Lipinski definition) is 6. The second-order valence-electron chi connectivity index (χ2n) is 9.62. The van der Waals surface area contributed by atoms with Crippen molar-refractivity contribution in [3.63, 3.8) is 0 Å². The van der Waals surface area contributed by atoms with Gasteiger partial charge in [0, 0.05) is 17.6 Å². The summed E-state index contributed by atoms with van der Waals surface area (Å²) in [4.78, 5) is 26.8. The first-order chi connectivity index (χ1) is 16.8. The fourth-order valence-electron chi connectivity index (χ4n) is 5.27. The number of hydrogen-bond donors (Lipinski definition) is 3. The van der Waals surface area contributed by atoms with Crippen molar-refractivity contribution in [2.24, 2.45) is 11.1 Å². The molecule has 2 fully saturated rings. The monoisotopic (exact) mass is 535 g/mol. The molecule has 0 saturated heterocycles. The summed E-state index contributed by atoms with van der Waals surface area (Å²) in [5.74, 6) is 0.715. The second kappa shape index (κ2) is 9.99. The second-order valence-corrected chi connectivity index (χ2v) is 10.9. The van der Waals surface area contributed by atoms with E-state index in [1.807, 2.05) is 4.57 Å². The number of halogens is 3. The van der Waals surface area contributed by atoms with Crippen molar-refractivity contribution in [3.8, 4) is 0 Å². The molecule has 186 valence electrons. The molecule has 11 heteroatoms. The number of carbonyl (C=O) groups excluding carboxylic acids is 1. The minimum atomic E-state index is -0.681. The number of amides is 1. The fourth-order valence-corrected chi connectivity index (χ4v) is 6.18. The number of nitrogens with zero attached hydrogens (tertiary/aromatic N) is 4. The number of primary amides is 1. The van der Waals surface area contributed by atoms with E-state index in [2.05, 4.69) is 15.6 Å². The lowest BCUT2D eigenvalue weighted by atomic mass is 9.73. The van der Waals surface area contributed by atoms with Gasteiger partial charge < -0.3 is 16.4 Å². The van der Waals surface area contributed by atoms with E-state index in [9.17, 15) is 4.79 Å². The molecule has 2 aliphatic rings. The highest BCUT2D eigenvalue weighted by molar-refractivity contribution is 6.41. The van der Waals surface area contributed by atoms with Gasteiger partial charge in [0.2, 0.25) is 17.8 Å². The van der Waals surface area contributed by atoms with Gasteiger partial charge in [-0.25, -0.2) is 9.97 Å². The molecule has 0 radical (unpaired) electrons. The minimum Gasteiger partial charge on any atom is -0.369 e. The Kier molecular flexibility index (Phi) is 6.97. The summed E-state index contributed by atoms with van der Waals surface area (Å²) >= 11 is 19.0. The largest absolute Gasteiger partial charge is 0.369 e. The van der Waals surface area contributed by atoms with Crippen LogP contribution in [0.1, 0.15) is 57.8 Å². The van der Waals surface area contributed by atoms with Crippen molar-refractivity contribution in [1.29, 1.82) is 0 Å². The van der Waals surface area contributed by atoms with Crippen LogP contribution >= 0.6 is 34.8 Å². The van der Waals surface area contributed by atoms with E-state index in [1.165, 1.54) is 12.8 Å². The lowest BCUT2D eigenvalue weighted by molar-refractivity contribution is -0.130. The summed E-state index contributed by atoms with van der Waals surface area (Å²) in [5, 5.41) is 7.85. The number of benzene rings is 1. The van der Waals surface area contributed by atoms with Gasteiger partial charge >= 0.3 is 0 Å². The molecule has 0 aliphatic heterocycles. The van der Waals surface area contributed by atoms with E-state index in [0.717, 1.165) is 44.9 Å². The number of rotatable bonds is 7. The zero-order valence-electron chi connectivity index (χ0n) is 19.3. The van der Waals surface area contributed by atoms with Gasteiger partial charge in [-0.3, -0.25) is 9.36 Å². The summed E-state index contributed by atoms with van der Waals surface area (Å²) in [6.07, 6.45) is 10.8. The third-order valence-electron chi connectivity index (χ3n) is 7.21. The molecule has 4 N–H and O–H groups in total. The molecule has 35 heavy (non-hydrogen) atoms. The summed E-state index contributed by atoms with van der Waals surface area (Å²) in [6.45, 7) is 0.351. The number of nitrogens with one attached hydrogen (secondary N) is 2. The van der Waals surface area contributed by atoms with E-state index in [-0.39, 0.29) is 5.91 Å². The Labute approximate surface area is 218 Å². The number of nitrogens with two attached hydrogens (primary N) is 1. The number of imidazole rings is 1. The Morgan fingerprint density at radius 2 is 1.74 bits per heavy atom. The summed E-state index contributed by atoms with van der Waals surface area (Å²) < 4.78 is 1.91. The summed E-state index contributed by atoms with van der Waals surface area (Å²) in [7, 11) is 0. The maximum absolute atomic E-state index is 12.7. The molecule has 0 unspecified atom stereocenters. The first-order valence-corrected chi connectivity index (χ1v) is 13.2. The van der Waals surface area contributed by atoms with Gasteiger partial charge in [0.05, 0.1) is 27.3 Å². The van der Waals surface area contributed by atoms with E-state index >= 15 is 0 Å². The van der Waals surface area contributed by atoms with Crippen LogP contribution in [0, 0.1) is 5.41 Å². The molecule has 2 heterocycles. The molecule has 1 amide bonds. The molecule has 2 saturated carbocycles. The average molecular weight is 537 g/mol. The lowest BCUT2D eigenvalue weighted by Crippen LogP contribution is -2.42. The Bertz CT molecular complexity index is 1230. The maximum Gasteiger partial charge on any atom is 0.225 e. The first-order valence-electron chi connectivity index (χ1n) is 12.1. The van der Waals surface area contributed by atoms with Crippen LogP contribution in [0.15, 0.2) is 18.3 Å². The smallest absolute Gasteiger partial charge is 0.225 e. The molecule has 5 rings (SSSR count). The standard InChI is InChI=1S/C24H28Cl3N7O/c25-14-10-16(26)19(17(27)11-14)32-23-31-18-12-29-22(30-15-6-2-3-7-15)33-20(18)34(23)13-24(21(28)35)8-4-1-5-9-24/h10-12,15H,1-9,13H2,(H2,28,35)(H,31,32)(H,29,30,33). The van der Waals surface area contributed by atoms with Crippen LogP contribution in [0.3, 0.4) is 0 Å². The molecule has 2 aromatic heterocycles. The molecule has 2 aliphatic carbocycles.